The maximum atomic E-state index is 12.6. The number of rotatable bonds is 4. The van der Waals surface area contributed by atoms with E-state index in [0.29, 0.717) is 18.2 Å². The van der Waals surface area contributed by atoms with Crippen LogP contribution in [-0.4, -0.2) is 24.7 Å². The van der Waals surface area contributed by atoms with Crippen molar-refractivity contribution in [2.24, 2.45) is 5.73 Å². The van der Waals surface area contributed by atoms with E-state index in [4.69, 9.17) is 22.1 Å². The predicted molar refractivity (Wildman–Crippen MR) is 68.5 cm³/mol. The molecule has 112 valence electrons. The number of methoxy groups -OCH3 is 1. The predicted octanol–water partition coefficient (Wildman–Crippen LogP) is 2.24. The van der Waals surface area contributed by atoms with E-state index in [1.807, 2.05) is 0 Å². The maximum absolute atomic E-state index is 12.6. The van der Waals surface area contributed by atoms with Gasteiger partial charge in [0, 0.05) is 17.1 Å². The Kier molecular flexibility index (Phi) is 4.88. The highest BCUT2D eigenvalue weighted by Crippen LogP contribution is 2.29. The molecule has 1 aromatic rings. The van der Waals surface area contributed by atoms with E-state index in [0.717, 1.165) is 0 Å². The highest BCUT2D eigenvalue weighted by Gasteiger charge is 2.53. The molecular weight excluding hydrogens is 297 g/mol. The summed E-state index contributed by atoms with van der Waals surface area (Å²) in [5.41, 5.74) is 2.42. The Morgan fingerprint density at radius 3 is 2.55 bits per heavy atom. The number of carbonyl (C=O) groups excluding carboxylic acids is 1. The van der Waals surface area contributed by atoms with Crippen LogP contribution in [0.25, 0.3) is 0 Å². The molecule has 0 aliphatic carbocycles. The molecule has 1 unspecified atom stereocenters. The third-order valence-electron chi connectivity index (χ3n) is 2.78. The summed E-state index contributed by atoms with van der Waals surface area (Å²) < 4.78 is 42.8. The molecule has 0 aliphatic rings. The first-order valence-electron chi connectivity index (χ1n) is 5.56. The van der Waals surface area contributed by atoms with Crippen LogP contribution in [0, 0.1) is 0 Å². The number of ether oxygens (including phenoxy) is 1. The molecule has 0 aromatic heterocycles. The van der Waals surface area contributed by atoms with Crippen molar-refractivity contribution in [1.29, 1.82) is 0 Å². The van der Waals surface area contributed by atoms with Crippen molar-refractivity contribution >= 4 is 17.5 Å². The van der Waals surface area contributed by atoms with Gasteiger partial charge in [0.05, 0.1) is 7.11 Å². The highest BCUT2D eigenvalue weighted by molar-refractivity contribution is 6.31. The molecule has 20 heavy (non-hydrogen) atoms. The fourth-order valence-corrected chi connectivity index (χ4v) is 1.62. The second kappa shape index (κ2) is 5.88. The van der Waals surface area contributed by atoms with Gasteiger partial charge in [0.15, 0.2) is 5.54 Å². The van der Waals surface area contributed by atoms with Gasteiger partial charge in [-0.15, -0.1) is 0 Å². The van der Waals surface area contributed by atoms with E-state index in [1.165, 1.54) is 13.2 Å². The zero-order valence-electron chi connectivity index (χ0n) is 10.8. The van der Waals surface area contributed by atoms with Gasteiger partial charge in [-0.3, -0.25) is 4.79 Å². The van der Waals surface area contributed by atoms with Crippen molar-refractivity contribution in [1.82, 2.24) is 5.32 Å². The van der Waals surface area contributed by atoms with Crippen molar-refractivity contribution in [2.45, 2.75) is 25.2 Å². The number of carbonyl (C=O) groups is 1. The molecule has 0 spiro atoms. The lowest BCUT2D eigenvalue weighted by molar-refractivity contribution is -0.187. The Labute approximate surface area is 119 Å². The third kappa shape index (κ3) is 3.34. The topological polar surface area (TPSA) is 64.3 Å². The molecule has 1 rings (SSSR count). The van der Waals surface area contributed by atoms with E-state index >= 15 is 0 Å². The number of hydrogen-bond acceptors (Lipinski definition) is 3. The average molecular weight is 311 g/mol. The fraction of sp³-hybridized carbons (Fsp3) is 0.417. The van der Waals surface area contributed by atoms with Crippen molar-refractivity contribution < 1.29 is 22.7 Å². The van der Waals surface area contributed by atoms with Gasteiger partial charge < -0.3 is 15.8 Å². The number of amides is 1. The minimum absolute atomic E-state index is 0.218. The molecule has 3 N–H and O–H groups in total. The van der Waals surface area contributed by atoms with Crippen LogP contribution in [0.15, 0.2) is 18.2 Å². The summed E-state index contributed by atoms with van der Waals surface area (Å²) in [6.45, 7) is 0.386. The molecule has 0 heterocycles. The zero-order valence-corrected chi connectivity index (χ0v) is 11.6. The molecule has 0 fully saturated rings. The Bertz CT molecular complexity index is 504. The van der Waals surface area contributed by atoms with Gasteiger partial charge in [-0.25, -0.2) is 0 Å². The van der Waals surface area contributed by atoms with Crippen LogP contribution < -0.4 is 15.8 Å². The van der Waals surface area contributed by atoms with Crippen molar-refractivity contribution in [2.75, 3.05) is 7.11 Å². The van der Waals surface area contributed by atoms with E-state index in [9.17, 15) is 18.0 Å². The summed E-state index contributed by atoms with van der Waals surface area (Å²) in [4.78, 5) is 11.6. The fourth-order valence-electron chi connectivity index (χ4n) is 1.38. The van der Waals surface area contributed by atoms with Crippen LogP contribution in [0.1, 0.15) is 12.5 Å². The molecule has 0 bridgehead atoms. The zero-order chi connectivity index (χ0) is 15.6. The van der Waals surface area contributed by atoms with Gasteiger partial charge in [0.1, 0.15) is 5.75 Å². The first kappa shape index (κ1) is 16.6. The largest absolute Gasteiger partial charge is 0.496 e. The molecule has 1 amide bonds. The second-order valence-electron chi connectivity index (χ2n) is 4.30. The molecule has 0 radical (unpaired) electrons. The van der Waals surface area contributed by atoms with Gasteiger partial charge in [0.2, 0.25) is 5.91 Å². The van der Waals surface area contributed by atoms with E-state index in [2.05, 4.69) is 5.32 Å². The number of benzene rings is 1. The molecule has 1 atom stereocenters. The van der Waals surface area contributed by atoms with E-state index < -0.39 is 17.6 Å². The molecule has 0 saturated carbocycles. The summed E-state index contributed by atoms with van der Waals surface area (Å²) in [7, 11) is 1.39. The van der Waals surface area contributed by atoms with Gasteiger partial charge >= 0.3 is 6.18 Å². The first-order valence-corrected chi connectivity index (χ1v) is 5.94. The summed E-state index contributed by atoms with van der Waals surface area (Å²) in [5.74, 6) is -0.976. The van der Waals surface area contributed by atoms with Gasteiger partial charge in [-0.2, -0.15) is 13.2 Å². The second-order valence-corrected chi connectivity index (χ2v) is 4.71. The molecular formula is C12H14ClF3N2O2. The normalized spacial score (nSPS) is 14.6. The lowest BCUT2D eigenvalue weighted by Gasteiger charge is -2.26. The van der Waals surface area contributed by atoms with Crippen molar-refractivity contribution in [3.63, 3.8) is 0 Å². The monoisotopic (exact) mass is 310 g/mol. The quantitative estimate of drug-likeness (QED) is 0.896. The van der Waals surface area contributed by atoms with Gasteiger partial charge in [-0.1, -0.05) is 17.7 Å². The number of nitrogens with two attached hydrogens (primary N) is 1. The number of alkyl halides is 3. The summed E-state index contributed by atoms with van der Waals surface area (Å²) in [6, 6.07) is 4.74. The van der Waals surface area contributed by atoms with Crippen LogP contribution in [0.3, 0.4) is 0 Å². The average Bonchev–Trinajstić information content (AvgIpc) is 2.35. The van der Waals surface area contributed by atoms with E-state index in [-0.39, 0.29) is 11.6 Å². The molecule has 4 nitrogen and oxygen atoms in total. The van der Waals surface area contributed by atoms with Gasteiger partial charge in [0.25, 0.3) is 0 Å². The Hall–Kier alpha value is -1.47. The smallest absolute Gasteiger partial charge is 0.415 e. The van der Waals surface area contributed by atoms with Gasteiger partial charge in [-0.05, 0) is 19.1 Å². The maximum Gasteiger partial charge on any atom is 0.415 e. The van der Waals surface area contributed by atoms with Crippen LogP contribution >= 0.6 is 11.6 Å². The molecule has 0 saturated heterocycles. The summed E-state index contributed by atoms with van der Waals surface area (Å²) in [5, 5.41) is 2.39. The van der Waals surface area contributed by atoms with E-state index in [1.54, 1.807) is 12.1 Å². The van der Waals surface area contributed by atoms with Crippen molar-refractivity contribution in [3.05, 3.63) is 28.8 Å². The highest BCUT2D eigenvalue weighted by atomic mass is 35.5. The number of nitrogens with one attached hydrogen (secondary N) is 1. The van der Waals surface area contributed by atoms with Crippen LogP contribution in [0.5, 0.6) is 5.75 Å². The Morgan fingerprint density at radius 1 is 1.45 bits per heavy atom. The first-order chi connectivity index (χ1) is 9.11. The Morgan fingerprint density at radius 2 is 2.05 bits per heavy atom. The molecule has 0 aliphatic heterocycles. The van der Waals surface area contributed by atoms with Crippen molar-refractivity contribution in [3.8, 4) is 5.75 Å². The van der Waals surface area contributed by atoms with Crippen LogP contribution in [0.2, 0.25) is 5.02 Å². The lowest BCUT2D eigenvalue weighted by Crippen LogP contribution is -2.61. The summed E-state index contributed by atoms with van der Waals surface area (Å²) >= 11 is 5.91. The minimum atomic E-state index is -4.85. The standard InChI is InChI=1S/C12H14ClF3N2O2/c1-11(17,12(14,15)16)10(19)18-6-7-8(13)4-3-5-9(7)20-2/h3-5H,6,17H2,1-2H3,(H,18,19). The van der Waals surface area contributed by atoms with Crippen LogP contribution in [-0.2, 0) is 11.3 Å². The lowest BCUT2D eigenvalue weighted by atomic mass is 10.0. The summed E-state index contributed by atoms with van der Waals surface area (Å²) in [6.07, 6.45) is -4.85. The third-order valence-corrected chi connectivity index (χ3v) is 3.14. The SMILES string of the molecule is COc1cccc(Cl)c1CNC(=O)C(C)(N)C(F)(F)F. The molecule has 8 heteroatoms. The Balaban J connectivity index is 2.86. The van der Waals surface area contributed by atoms with Crippen LogP contribution in [0.4, 0.5) is 13.2 Å². The number of halogens is 4. The minimum Gasteiger partial charge on any atom is -0.496 e. The number of hydrogen-bond donors (Lipinski definition) is 2. The molecule has 1 aromatic carbocycles.